The van der Waals surface area contributed by atoms with Crippen LogP contribution in [-0.4, -0.2) is 41.0 Å². The summed E-state index contributed by atoms with van der Waals surface area (Å²) >= 11 is 0. The molecule has 6 nitrogen and oxygen atoms in total. The summed E-state index contributed by atoms with van der Waals surface area (Å²) in [5.74, 6) is -0.0403. The molecule has 0 aromatic carbocycles. The Morgan fingerprint density at radius 3 is 3.00 bits per heavy atom. The number of hydrogen-bond donors (Lipinski definition) is 2. The van der Waals surface area contributed by atoms with Crippen LogP contribution in [0.25, 0.3) is 0 Å². The van der Waals surface area contributed by atoms with Gasteiger partial charge in [0.1, 0.15) is 0 Å². The van der Waals surface area contributed by atoms with Gasteiger partial charge in [-0.25, -0.2) is 0 Å². The van der Waals surface area contributed by atoms with E-state index >= 15 is 0 Å². The lowest BCUT2D eigenvalue weighted by molar-refractivity contribution is -0.00863. The predicted molar refractivity (Wildman–Crippen MR) is 76.5 cm³/mol. The molecule has 3 N–H and O–H groups in total. The van der Waals surface area contributed by atoms with Crippen molar-refractivity contribution in [2.75, 3.05) is 13.2 Å². The molecule has 20 heavy (non-hydrogen) atoms. The van der Waals surface area contributed by atoms with Crippen LogP contribution in [0.2, 0.25) is 0 Å². The van der Waals surface area contributed by atoms with Crippen molar-refractivity contribution >= 4 is 5.91 Å². The van der Waals surface area contributed by atoms with Gasteiger partial charge in [-0.1, -0.05) is 0 Å². The van der Waals surface area contributed by atoms with E-state index < -0.39 is 0 Å². The molecule has 0 aliphatic heterocycles. The van der Waals surface area contributed by atoms with Crippen molar-refractivity contribution in [3.05, 3.63) is 17.5 Å². The van der Waals surface area contributed by atoms with Gasteiger partial charge in [-0.3, -0.25) is 9.48 Å². The van der Waals surface area contributed by atoms with Crippen LogP contribution in [0.5, 0.6) is 0 Å². The molecule has 1 aromatic heterocycles. The molecule has 1 aliphatic rings. The molecular formula is C14H24N4O2. The lowest BCUT2D eigenvalue weighted by Gasteiger charge is -2.35. The fourth-order valence-electron chi connectivity index (χ4n) is 2.45. The molecule has 0 radical (unpaired) electrons. The molecule has 1 aromatic rings. The maximum absolute atomic E-state index is 12.2. The summed E-state index contributed by atoms with van der Waals surface area (Å²) < 4.78 is 7.33. The van der Waals surface area contributed by atoms with Gasteiger partial charge in [-0.15, -0.1) is 0 Å². The van der Waals surface area contributed by atoms with Gasteiger partial charge in [0.05, 0.1) is 17.9 Å². The molecule has 112 valence electrons. The highest BCUT2D eigenvalue weighted by Crippen LogP contribution is 2.23. The van der Waals surface area contributed by atoms with Crippen LogP contribution in [0, 0.1) is 6.92 Å². The Morgan fingerprint density at radius 2 is 2.35 bits per heavy atom. The van der Waals surface area contributed by atoms with Crippen LogP contribution >= 0.6 is 0 Å². The Morgan fingerprint density at radius 1 is 1.60 bits per heavy atom. The maximum atomic E-state index is 12.2. The van der Waals surface area contributed by atoms with E-state index in [0.717, 1.165) is 38.1 Å². The smallest absolute Gasteiger partial charge is 0.254 e. The molecule has 2 rings (SSSR count). The summed E-state index contributed by atoms with van der Waals surface area (Å²) in [5.41, 5.74) is 7.04. The zero-order valence-electron chi connectivity index (χ0n) is 12.3. The Bertz CT molecular complexity index is 452. The first-order valence-corrected chi connectivity index (χ1v) is 7.30. The number of aromatic nitrogens is 2. The first-order valence-electron chi connectivity index (χ1n) is 7.30. The highest BCUT2D eigenvalue weighted by atomic mass is 16.5. The fraction of sp³-hybridized carbons (Fsp3) is 0.714. The van der Waals surface area contributed by atoms with E-state index in [-0.39, 0.29) is 11.9 Å². The van der Waals surface area contributed by atoms with E-state index in [4.69, 9.17) is 10.5 Å². The zero-order valence-corrected chi connectivity index (χ0v) is 12.3. The number of rotatable bonds is 7. The number of nitrogens with one attached hydrogen (secondary N) is 1. The second-order valence-electron chi connectivity index (χ2n) is 5.23. The third-order valence-electron chi connectivity index (χ3n) is 3.75. The average Bonchev–Trinajstić information content (AvgIpc) is 2.75. The van der Waals surface area contributed by atoms with Crippen LogP contribution in [0.15, 0.2) is 6.20 Å². The molecule has 0 saturated heterocycles. The average molecular weight is 280 g/mol. The van der Waals surface area contributed by atoms with Crippen molar-refractivity contribution in [3.63, 3.8) is 0 Å². The van der Waals surface area contributed by atoms with Crippen LogP contribution in [0.4, 0.5) is 0 Å². The highest BCUT2D eigenvalue weighted by Gasteiger charge is 2.31. The van der Waals surface area contributed by atoms with Gasteiger partial charge < -0.3 is 15.8 Å². The van der Waals surface area contributed by atoms with E-state index in [1.165, 1.54) is 0 Å². The molecule has 1 aliphatic carbocycles. The highest BCUT2D eigenvalue weighted by molar-refractivity contribution is 5.95. The number of nitrogens with zero attached hydrogens (tertiary/aromatic N) is 2. The van der Waals surface area contributed by atoms with E-state index in [2.05, 4.69) is 10.4 Å². The third-order valence-corrected chi connectivity index (χ3v) is 3.75. The molecule has 0 atom stereocenters. The minimum Gasteiger partial charge on any atom is -0.378 e. The lowest BCUT2D eigenvalue weighted by atomic mass is 9.89. The van der Waals surface area contributed by atoms with Crippen LogP contribution in [0.3, 0.4) is 0 Å². The number of hydrogen-bond acceptors (Lipinski definition) is 4. The third kappa shape index (κ3) is 3.37. The minimum absolute atomic E-state index is 0.0403. The molecule has 0 unspecified atom stereocenters. The number of aryl methyl sites for hydroxylation is 1. The summed E-state index contributed by atoms with van der Waals surface area (Å²) in [5, 5.41) is 7.28. The quantitative estimate of drug-likeness (QED) is 0.775. The van der Waals surface area contributed by atoms with Gasteiger partial charge in [0.25, 0.3) is 5.91 Å². The summed E-state index contributed by atoms with van der Waals surface area (Å²) in [6.07, 6.45) is 4.61. The second-order valence-corrected chi connectivity index (χ2v) is 5.23. The largest absolute Gasteiger partial charge is 0.378 e. The maximum Gasteiger partial charge on any atom is 0.254 e. The first-order chi connectivity index (χ1) is 9.65. The molecule has 6 heteroatoms. The zero-order chi connectivity index (χ0) is 14.5. The number of carbonyl (C=O) groups is 1. The molecule has 0 bridgehead atoms. The molecule has 1 saturated carbocycles. The van der Waals surface area contributed by atoms with E-state index in [1.54, 1.807) is 6.20 Å². The summed E-state index contributed by atoms with van der Waals surface area (Å²) in [6.45, 7) is 6.03. The molecule has 0 spiro atoms. The van der Waals surface area contributed by atoms with E-state index in [0.29, 0.717) is 18.2 Å². The standard InChI is InChI=1S/C14H24N4O2/c1-3-20-12-7-11(8-12)17-14(19)13-9-16-18(10(13)2)6-4-5-15/h9,11-12H,3-8,15H2,1-2H3,(H,17,19). The number of amides is 1. The van der Waals surface area contributed by atoms with Crippen LogP contribution < -0.4 is 11.1 Å². The summed E-state index contributed by atoms with van der Waals surface area (Å²) in [6, 6.07) is 0.228. The van der Waals surface area contributed by atoms with Crippen molar-refractivity contribution in [3.8, 4) is 0 Å². The summed E-state index contributed by atoms with van der Waals surface area (Å²) in [7, 11) is 0. The normalized spacial score (nSPS) is 21.6. The Hall–Kier alpha value is -1.40. The Labute approximate surface area is 119 Å². The monoisotopic (exact) mass is 280 g/mol. The Kier molecular flexibility index (Phi) is 5.14. The van der Waals surface area contributed by atoms with Gasteiger partial charge in [0, 0.05) is 24.9 Å². The van der Waals surface area contributed by atoms with Gasteiger partial charge in [-0.2, -0.15) is 5.10 Å². The van der Waals surface area contributed by atoms with Crippen LogP contribution in [-0.2, 0) is 11.3 Å². The number of carbonyl (C=O) groups excluding carboxylic acids is 1. The van der Waals surface area contributed by atoms with Crippen molar-refractivity contribution < 1.29 is 9.53 Å². The van der Waals surface area contributed by atoms with E-state index in [9.17, 15) is 4.79 Å². The second kappa shape index (κ2) is 6.85. The van der Waals surface area contributed by atoms with Gasteiger partial charge in [-0.05, 0) is 39.7 Å². The van der Waals surface area contributed by atoms with Crippen molar-refractivity contribution in [1.29, 1.82) is 0 Å². The van der Waals surface area contributed by atoms with Gasteiger partial charge in [0.2, 0.25) is 0 Å². The van der Waals surface area contributed by atoms with Crippen LogP contribution in [0.1, 0.15) is 42.2 Å². The topological polar surface area (TPSA) is 82.2 Å². The first kappa shape index (κ1) is 15.0. The Balaban J connectivity index is 1.85. The van der Waals surface area contributed by atoms with Gasteiger partial charge in [0.15, 0.2) is 0 Å². The molecule has 1 amide bonds. The molecule has 1 fully saturated rings. The lowest BCUT2D eigenvalue weighted by Crippen LogP contribution is -2.47. The minimum atomic E-state index is -0.0403. The molecule has 1 heterocycles. The number of ether oxygens (including phenoxy) is 1. The number of nitrogens with two attached hydrogens (primary N) is 1. The summed E-state index contributed by atoms with van der Waals surface area (Å²) in [4.78, 5) is 12.2. The van der Waals surface area contributed by atoms with Crippen molar-refractivity contribution in [2.45, 2.75) is 51.8 Å². The molecular weight excluding hydrogens is 256 g/mol. The fourth-order valence-corrected chi connectivity index (χ4v) is 2.45. The van der Waals surface area contributed by atoms with Gasteiger partial charge >= 0.3 is 0 Å². The van der Waals surface area contributed by atoms with E-state index in [1.807, 2.05) is 18.5 Å². The van der Waals surface area contributed by atoms with Crippen molar-refractivity contribution in [2.24, 2.45) is 5.73 Å². The predicted octanol–water partition coefficient (Wildman–Crippen LogP) is 0.838. The SMILES string of the molecule is CCOC1CC(NC(=O)c2cnn(CCCN)c2C)C1. The van der Waals surface area contributed by atoms with Crippen molar-refractivity contribution in [1.82, 2.24) is 15.1 Å².